The molecule has 0 unspecified atom stereocenters. The number of nitrogens with zero attached hydrogens (tertiary/aromatic N) is 3. The Morgan fingerprint density at radius 2 is 2.50 bits per heavy atom. The summed E-state index contributed by atoms with van der Waals surface area (Å²) in [7, 11) is 1.72. The number of rotatable bonds is 2. The van der Waals surface area contributed by atoms with Crippen molar-refractivity contribution in [1.29, 1.82) is 5.26 Å². The van der Waals surface area contributed by atoms with E-state index < -0.39 is 0 Å². The molecule has 0 fully saturated rings. The van der Waals surface area contributed by atoms with Crippen molar-refractivity contribution < 1.29 is 0 Å². The zero-order valence-electron chi connectivity index (χ0n) is 6.70. The molecule has 0 aliphatic heterocycles. The molecule has 1 heterocycles. The molecule has 1 rings (SSSR count). The lowest BCUT2D eigenvalue weighted by atomic mass is 10.2. The van der Waals surface area contributed by atoms with Crippen molar-refractivity contribution in [3.8, 4) is 6.07 Å². The molecule has 4 nitrogen and oxygen atoms in total. The van der Waals surface area contributed by atoms with Crippen molar-refractivity contribution in [2.24, 2.45) is 0 Å². The minimum atomic E-state index is 0.434. The van der Waals surface area contributed by atoms with Crippen LogP contribution in [0, 0.1) is 11.3 Å². The van der Waals surface area contributed by atoms with Gasteiger partial charge >= 0.3 is 0 Å². The first-order valence-corrected chi connectivity index (χ1v) is 3.39. The Morgan fingerprint density at radius 1 is 1.75 bits per heavy atom. The van der Waals surface area contributed by atoms with Gasteiger partial charge in [0.25, 0.3) is 0 Å². The molecule has 1 aromatic rings. The van der Waals surface area contributed by atoms with Gasteiger partial charge in [-0.05, 0) is 6.08 Å². The standard InChI is InChI=1S/C8H8N4/c1-3-7-6(4-9)5-11-8(10-2)12-7/h3,5H,1H2,2H3,(H,10,11,12). The molecular weight excluding hydrogens is 152 g/mol. The van der Waals surface area contributed by atoms with Crippen molar-refractivity contribution >= 4 is 12.0 Å². The van der Waals surface area contributed by atoms with E-state index in [0.29, 0.717) is 17.2 Å². The van der Waals surface area contributed by atoms with Crippen LogP contribution < -0.4 is 5.32 Å². The molecule has 0 spiro atoms. The molecule has 0 radical (unpaired) electrons. The van der Waals surface area contributed by atoms with Gasteiger partial charge in [-0.2, -0.15) is 5.26 Å². The normalized spacial score (nSPS) is 8.67. The van der Waals surface area contributed by atoms with Crippen molar-refractivity contribution in [2.75, 3.05) is 12.4 Å². The van der Waals surface area contributed by atoms with E-state index in [2.05, 4.69) is 21.9 Å². The van der Waals surface area contributed by atoms with Gasteiger partial charge in [0.1, 0.15) is 6.07 Å². The average molecular weight is 160 g/mol. The summed E-state index contributed by atoms with van der Waals surface area (Å²) in [4.78, 5) is 7.90. The third-order valence-electron chi connectivity index (χ3n) is 1.36. The monoisotopic (exact) mass is 160 g/mol. The highest BCUT2D eigenvalue weighted by Gasteiger charge is 2.01. The molecule has 4 heteroatoms. The maximum absolute atomic E-state index is 8.61. The van der Waals surface area contributed by atoms with Crippen molar-refractivity contribution in [3.63, 3.8) is 0 Å². The third kappa shape index (κ3) is 1.40. The van der Waals surface area contributed by atoms with Gasteiger partial charge in [0, 0.05) is 7.05 Å². The molecule has 0 atom stereocenters. The summed E-state index contributed by atoms with van der Waals surface area (Å²) >= 11 is 0. The van der Waals surface area contributed by atoms with E-state index in [1.807, 2.05) is 6.07 Å². The van der Waals surface area contributed by atoms with Crippen molar-refractivity contribution in [1.82, 2.24) is 9.97 Å². The molecule has 1 aromatic heterocycles. The quantitative estimate of drug-likeness (QED) is 0.702. The van der Waals surface area contributed by atoms with Gasteiger partial charge in [-0.3, -0.25) is 0 Å². The van der Waals surface area contributed by atoms with Gasteiger partial charge in [0.15, 0.2) is 0 Å². The lowest BCUT2D eigenvalue weighted by molar-refractivity contribution is 1.12. The maximum atomic E-state index is 8.61. The molecule has 0 bridgehead atoms. The van der Waals surface area contributed by atoms with Gasteiger partial charge in [0.2, 0.25) is 5.95 Å². The Hall–Kier alpha value is -1.89. The van der Waals surface area contributed by atoms with Crippen LogP contribution in [0.5, 0.6) is 0 Å². The number of nitrogens with one attached hydrogen (secondary N) is 1. The Morgan fingerprint density at radius 3 is 3.00 bits per heavy atom. The SMILES string of the molecule is C=Cc1nc(NC)ncc1C#N. The van der Waals surface area contributed by atoms with E-state index in [9.17, 15) is 0 Å². The second kappa shape index (κ2) is 3.49. The third-order valence-corrected chi connectivity index (χ3v) is 1.36. The maximum Gasteiger partial charge on any atom is 0.222 e. The lowest BCUT2D eigenvalue weighted by Gasteiger charge is -1.99. The van der Waals surface area contributed by atoms with Gasteiger partial charge < -0.3 is 5.32 Å². The van der Waals surface area contributed by atoms with Crippen LogP contribution in [0.15, 0.2) is 12.8 Å². The number of aromatic nitrogens is 2. The Bertz CT molecular complexity index is 337. The van der Waals surface area contributed by atoms with Crippen LogP contribution in [0.2, 0.25) is 0 Å². The lowest BCUT2D eigenvalue weighted by Crippen LogP contribution is -1.99. The fraction of sp³-hybridized carbons (Fsp3) is 0.125. The Kier molecular flexibility index (Phi) is 2.38. The largest absolute Gasteiger partial charge is 0.357 e. The highest BCUT2D eigenvalue weighted by atomic mass is 15.1. The summed E-state index contributed by atoms with van der Waals surface area (Å²) < 4.78 is 0. The minimum Gasteiger partial charge on any atom is -0.357 e. The van der Waals surface area contributed by atoms with Crippen LogP contribution in [0.3, 0.4) is 0 Å². The van der Waals surface area contributed by atoms with Crippen LogP contribution in [0.25, 0.3) is 6.08 Å². The minimum absolute atomic E-state index is 0.434. The first kappa shape index (κ1) is 8.21. The fourth-order valence-corrected chi connectivity index (χ4v) is 0.757. The number of nitriles is 1. The van der Waals surface area contributed by atoms with Gasteiger partial charge in [-0.1, -0.05) is 6.58 Å². The molecular formula is C8H8N4. The molecule has 0 aliphatic carbocycles. The highest BCUT2D eigenvalue weighted by Crippen LogP contribution is 2.07. The Balaban J connectivity index is 3.21. The zero-order chi connectivity index (χ0) is 8.97. The molecule has 0 aromatic carbocycles. The average Bonchev–Trinajstić information content (AvgIpc) is 2.16. The fourth-order valence-electron chi connectivity index (χ4n) is 0.757. The Labute approximate surface area is 70.6 Å². The predicted molar refractivity (Wildman–Crippen MR) is 46.4 cm³/mol. The summed E-state index contributed by atoms with van der Waals surface area (Å²) in [6.07, 6.45) is 3.00. The summed E-state index contributed by atoms with van der Waals surface area (Å²) in [6, 6.07) is 1.97. The van der Waals surface area contributed by atoms with Gasteiger partial charge in [-0.25, -0.2) is 9.97 Å². The summed E-state index contributed by atoms with van der Waals surface area (Å²) in [5.41, 5.74) is 0.987. The van der Waals surface area contributed by atoms with Crippen molar-refractivity contribution in [3.05, 3.63) is 24.0 Å². The topological polar surface area (TPSA) is 61.6 Å². The molecule has 12 heavy (non-hydrogen) atoms. The van der Waals surface area contributed by atoms with Crippen LogP contribution in [0.4, 0.5) is 5.95 Å². The van der Waals surface area contributed by atoms with Crippen LogP contribution in [-0.4, -0.2) is 17.0 Å². The summed E-state index contributed by atoms with van der Waals surface area (Å²) in [5, 5.41) is 11.4. The van der Waals surface area contributed by atoms with Crippen LogP contribution in [-0.2, 0) is 0 Å². The second-order valence-electron chi connectivity index (χ2n) is 2.06. The molecule has 0 aliphatic rings. The van der Waals surface area contributed by atoms with Crippen molar-refractivity contribution in [2.45, 2.75) is 0 Å². The molecule has 0 amide bonds. The zero-order valence-corrected chi connectivity index (χ0v) is 6.70. The number of hydrogen-bond acceptors (Lipinski definition) is 4. The van der Waals surface area contributed by atoms with E-state index in [0.717, 1.165) is 0 Å². The van der Waals surface area contributed by atoms with E-state index >= 15 is 0 Å². The summed E-state index contributed by atoms with van der Waals surface area (Å²) in [6.45, 7) is 3.55. The molecule has 1 N–H and O–H groups in total. The molecule has 0 saturated carbocycles. The number of anilines is 1. The van der Waals surface area contributed by atoms with Crippen LogP contribution >= 0.6 is 0 Å². The van der Waals surface area contributed by atoms with E-state index in [-0.39, 0.29) is 0 Å². The summed E-state index contributed by atoms with van der Waals surface area (Å²) in [5.74, 6) is 0.490. The van der Waals surface area contributed by atoms with E-state index in [1.165, 1.54) is 12.3 Å². The first-order valence-electron chi connectivity index (χ1n) is 3.39. The van der Waals surface area contributed by atoms with Crippen LogP contribution in [0.1, 0.15) is 11.3 Å². The molecule has 0 saturated heterocycles. The van der Waals surface area contributed by atoms with Gasteiger partial charge in [-0.15, -0.1) is 0 Å². The molecule has 60 valence electrons. The first-order chi connectivity index (χ1) is 5.81. The van der Waals surface area contributed by atoms with E-state index in [4.69, 9.17) is 5.26 Å². The number of hydrogen-bond donors (Lipinski definition) is 1. The smallest absolute Gasteiger partial charge is 0.222 e. The highest BCUT2D eigenvalue weighted by molar-refractivity contribution is 5.53. The second-order valence-corrected chi connectivity index (χ2v) is 2.06. The van der Waals surface area contributed by atoms with Gasteiger partial charge in [0.05, 0.1) is 17.5 Å². The van der Waals surface area contributed by atoms with E-state index in [1.54, 1.807) is 7.05 Å². The predicted octanol–water partition coefficient (Wildman–Crippen LogP) is 1.03.